The predicted molar refractivity (Wildman–Crippen MR) is 88.0 cm³/mol. The minimum atomic E-state index is 0.607. The standard InChI is InChI=1S/C17H25BrN2/c1-12-10-13(5-8-16(12)18)17-14(11-19-2)4-3-9-20(17)15-6-7-15/h5,8,10,14-15,17,19H,3-4,6-7,9,11H2,1-2H3. The van der Waals surface area contributed by atoms with Gasteiger partial charge in [-0.3, -0.25) is 4.90 Å². The van der Waals surface area contributed by atoms with Crippen molar-refractivity contribution in [3.8, 4) is 0 Å². The van der Waals surface area contributed by atoms with E-state index in [2.05, 4.69) is 58.3 Å². The Bertz CT molecular complexity index is 468. The van der Waals surface area contributed by atoms with Crippen LogP contribution in [0.4, 0.5) is 0 Å². The van der Waals surface area contributed by atoms with Crippen molar-refractivity contribution >= 4 is 15.9 Å². The fourth-order valence-electron chi connectivity index (χ4n) is 3.71. The second kappa shape index (κ2) is 6.17. The van der Waals surface area contributed by atoms with E-state index in [1.54, 1.807) is 0 Å². The van der Waals surface area contributed by atoms with Gasteiger partial charge in [0.25, 0.3) is 0 Å². The zero-order chi connectivity index (χ0) is 14.1. The third kappa shape index (κ3) is 2.95. The Labute approximate surface area is 131 Å². The van der Waals surface area contributed by atoms with Gasteiger partial charge in [0, 0.05) is 16.6 Å². The fourth-order valence-corrected chi connectivity index (χ4v) is 3.96. The highest BCUT2D eigenvalue weighted by Crippen LogP contribution is 2.43. The summed E-state index contributed by atoms with van der Waals surface area (Å²) in [5.41, 5.74) is 2.87. The molecule has 2 fully saturated rings. The highest BCUT2D eigenvalue weighted by molar-refractivity contribution is 9.10. The zero-order valence-corrected chi connectivity index (χ0v) is 14.1. The lowest BCUT2D eigenvalue weighted by Gasteiger charge is -2.42. The summed E-state index contributed by atoms with van der Waals surface area (Å²) in [6, 6.07) is 8.39. The molecule has 110 valence electrons. The topological polar surface area (TPSA) is 15.3 Å². The number of nitrogens with zero attached hydrogens (tertiary/aromatic N) is 1. The van der Waals surface area contributed by atoms with Crippen LogP contribution in [0.2, 0.25) is 0 Å². The van der Waals surface area contributed by atoms with Gasteiger partial charge in [-0.25, -0.2) is 0 Å². The van der Waals surface area contributed by atoms with Gasteiger partial charge in [-0.1, -0.05) is 28.1 Å². The molecule has 20 heavy (non-hydrogen) atoms. The second-order valence-electron chi connectivity index (χ2n) is 6.38. The van der Waals surface area contributed by atoms with Crippen molar-refractivity contribution in [2.75, 3.05) is 20.1 Å². The number of likely N-dealkylation sites (tertiary alicyclic amines) is 1. The maximum atomic E-state index is 3.63. The summed E-state index contributed by atoms with van der Waals surface area (Å²) in [6.45, 7) is 4.61. The van der Waals surface area contributed by atoms with Gasteiger partial charge >= 0.3 is 0 Å². The lowest BCUT2D eigenvalue weighted by atomic mass is 9.84. The molecule has 3 rings (SSSR count). The Morgan fingerprint density at radius 1 is 1.30 bits per heavy atom. The SMILES string of the molecule is CNCC1CCCN(C2CC2)C1c1ccc(Br)c(C)c1. The molecule has 1 N–H and O–H groups in total. The minimum Gasteiger partial charge on any atom is -0.319 e. The number of aryl methyl sites for hydroxylation is 1. The van der Waals surface area contributed by atoms with Crippen molar-refractivity contribution < 1.29 is 0 Å². The third-order valence-corrected chi connectivity index (χ3v) is 5.69. The van der Waals surface area contributed by atoms with E-state index >= 15 is 0 Å². The van der Waals surface area contributed by atoms with Crippen molar-refractivity contribution in [2.24, 2.45) is 5.92 Å². The van der Waals surface area contributed by atoms with Crippen LogP contribution in [0.15, 0.2) is 22.7 Å². The molecular formula is C17H25BrN2. The molecule has 1 saturated heterocycles. The van der Waals surface area contributed by atoms with Crippen LogP contribution in [0.1, 0.15) is 42.9 Å². The Morgan fingerprint density at radius 3 is 2.75 bits per heavy atom. The van der Waals surface area contributed by atoms with E-state index in [1.165, 1.54) is 47.8 Å². The molecule has 2 aliphatic rings. The van der Waals surface area contributed by atoms with E-state index in [0.29, 0.717) is 6.04 Å². The number of nitrogens with one attached hydrogen (secondary N) is 1. The van der Waals surface area contributed by atoms with Crippen LogP contribution in [0, 0.1) is 12.8 Å². The van der Waals surface area contributed by atoms with Gasteiger partial charge in [0.1, 0.15) is 0 Å². The monoisotopic (exact) mass is 336 g/mol. The largest absolute Gasteiger partial charge is 0.319 e. The smallest absolute Gasteiger partial charge is 0.0391 e. The van der Waals surface area contributed by atoms with E-state index < -0.39 is 0 Å². The Morgan fingerprint density at radius 2 is 2.10 bits per heavy atom. The number of rotatable bonds is 4. The molecule has 1 heterocycles. The Kier molecular flexibility index (Phi) is 4.49. The molecule has 0 radical (unpaired) electrons. The zero-order valence-electron chi connectivity index (χ0n) is 12.5. The summed E-state index contributed by atoms with van der Waals surface area (Å²) < 4.78 is 1.22. The van der Waals surface area contributed by atoms with Crippen LogP contribution in [0.5, 0.6) is 0 Å². The van der Waals surface area contributed by atoms with E-state index in [9.17, 15) is 0 Å². The number of hydrogen-bond donors (Lipinski definition) is 1. The van der Waals surface area contributed by atoms with Gasteiger partial charge in [0.05, 0.1) is 0 Å². The second-order valence-corrected chi connectivity index (χ2v) is 7.24. The van der Waals surface area contributed by atoms with Crippen molar-refractivity contribution in [1.29, 1.82) is 0 Å². The summed E-state index contributed by atoms with van der Waals surface area (Å²) in [7, 11) is 2.08. The van der Waals surface area contributed by atoms with Crippen LogP contribution < -0.4 is 5.32 Å². The fraction of sp³-hybridized carbons (Fsp3) is 0.647. The first-order valence-corrected chi connectivity index (χ1v) is 8.66. The van der Waals surface area contributed by atoms with Crippen LogP contribution in [0.25, 0.3) is 0 Å². The molecule has 3 heteroatoms. The summed E-state index contributed by atoms with van der Waals surface area (Å²) in [5, 5.41) is 3.41. The highest BCUT2D eigenvalue weighted by Gasteiger charge is 2.40. The molecule has 2 unspecified atom stereocenters. The highest BCUT2D eigenvalue weighted by atomic mass is 79.9. The number of benzene rings is 1. The molecule has 1 saturated carbocycles. The quantitative estimate of drug-likeness (QED) is 0.897. The lowest BCUT2D eigenvalue weighted by molar-refractivity contribution is 0.0845. The summed E-state index contributed by atoms with van der Waals surface area (Å²) in [5.74, 6) is 0.745. The van der Waals surface area contributed by atoms with E-state index in [4.69, 9.17) is 0 Å². The minimum absolute atomic E-state index is 0.607. The third-order valence-electron chi connectivity index (χ3n) is 4.80. The molecule has 1 aliphatic heterocycles. The molecule has 1 aliphatic carbocycles. The summed E-state index contributed by atoms with van der Waals surface area (Å²) in [6.07, 6.45) is 5.51. The first kappa shape index (κ1) is 14.6. The van der Waals surface area contributed by atoms with E-state index in [0.717, 1.165) is 18.5 Å². The number of piperidine rings is 1. The molecule has 2 atom stereocenters. The predicted octanol–water partition coefficient (Wildman–Crippen LogP) is 3.89. The summed E-state index contributed by atoms with van der Waals surface area (Å²) in [4.78, 5) is 2.79. The van der Waals surface area contributed by atoms with Crippen LogP contribution in [-0.4, -0.2) is 31.1 Å². The average molecular weight is 337 g/mol. The summed E-state index contributed by atoms with van der Waals surface area (Å²) >= 11 is 3.63. The molecule has 0 spiro atoms. The maximum absolute atomic E-state index is 3.63. The number of hydrogen-bond acceptors (Lipinski definition) is 2. The maximum Gasteiger partial charge on any atom is 0.0391 e. The lowest BCUT2D eigenvalue weighted by Crippen LogP contribution is -2.43. The van der Waals surface area contributed by atoms with Gasteiger partial charge in [0.2, 0.25) is 0 Å². The average Bonchev–Trinajstić information content (AvgIpc) is 3.27. The van der Waals surface area contributed by atoms with Crippen LogP contribution in [0.3, 0.4) is 0 Å². The normalized spacial score (nSPS) is 27.8. The van der Waals surface area contributed by atoms with Crippen molar-refractivity contribution in [1.82, 2.24) is 10.2 Å². The van der Waals surface area contributed by atoms with Gasteiger partial charge in [-0.05, 0) is 75.9 Å². The molecule has 1 aromatic carbocycles. The van der Waals surface area contributed by atoms with Gasteiger partial charge in [-0.2, -0.15) is 0 Å². The number of halogens is 1. The van der Waals surface area contributed by atoms with E-state index in [-0.39, 0.29) is 0 Å². The molecule has 0 bridgehead atoms. The Balaban J connectivity index is 1.91. The van der Waals surface area contributed by atoms with Crippen molar-refractivity contribution in [3.05, 3.63) is 33.8 Å². The van der Waals surface area contributed by atoms with Gasteiger partial charge in [0.15, 0.2) is 0 Å². The first-order valence-electron chi connectivity index (χ1n) is 7.87. The first-order chi connectivity index (χ1) is 9.70. The molecule has 0 aromatic heterocycles. The molecule has 1 aromatic rings. The van der Waals surface area contributed by atoms with Crippen molar-refractivity contribution in [3.63, 3.8) is 0 Å². The molecule has 0 amide bonds. The van der Waals surface area contributed by atoms with Crippen LogP contribution >= 0.6 is 15.9 Å². The molecular weight excluding hydrogens is 312 g/mol. The van der Waals surface area contributed by atoms with E-state index in [1.807, 2.05) is 0 Å². The van der Waals surface area contributed by atoms with Gasteiger partial charge in [-0.15, -0.1) is 0 Å². The molecule has 2 nitrogen and oxygen atoms in total. The van der Waals surface area contributed by atoms with Crippen molar-refractivity contribution in [2.45, 2.75) is 44.7 Å². The van der Waals surface area contributed by atoms with Crippen LogP contribution in [-0.2, 0) is 0 Å². The Hall–Kier alpha value is -0.380. The van der Waals surface area contributed by atoms with Gasteiger partial charge < -0.3 is 5.32 Å².